The Balaban J connectivity index is 1.37. The Hall–Kier alpha value is -2.88. The van der Waals surface area contributed by atoms with Crippen LogP contribution in [0, 0.1) is 18.7 Å². The van der Waals surface area contributed by atoms with E-state index < -0.39 is 11.0 Å². The summed E-state index contributed by atoms with van der Waals surface area (Å²) in [4.78, 5) is 9.53. The number of nitrogens with one attached hydrogen (secondary N) is 2. The van der Waals surface area contributed by atoms with Crippen LogP contribution in [0.1, 0.15) is 31.2 Å². The maximum absolute atomic E-state index is 13.5. The Labute approximate surface area is 202 Å². The third-order valence-electron chi connectivity index (χ3n) is 5.93. The molecule has 1 aromatic heterocycles. The number of halogens is 1. The first kappa shape index (κ1) is 24.3. The van der Waals surface area contributed by atoms with Gasteiger partial charge in [-0.25, -0.2) is 17.9 Å². The molecule has 4 rings (SSSR count). The minimum Gasteiger partial charge on any atom is -0.340 e. The molecule has 0 radical (unpaired) electrons. The van der Waals surface area contributed by atoms with Gasteiger partial charge in [0.2, 0.25) is 5.95 Å². The first-order chi connectivity index (χ1) is 16.5. The second kappa shape index (κ2) is 11.5. The Kier molecular flexibility index (Phi) is 8.21. The van der Waals surface area contributed by atoms with Crippen molar-refractivity contribution in [1.29, 1.82) is 0 Å². The van der Waals surface area contributed by atoms with Crippen molar-refractivity contribution in [3.8, 4) is 0 Å². The Bertz CT molecular complexity index is 1130. The normalized spacial score (nSPS) is 17.3. The van der Waals surface area contributed by atoms with Crippen molar-refractivity contribution in [3.63, 3.8) is 0 Å². The SMILES string of the molecule is Cc1cc(Nc2ccnc(Nc3ccc(S(=O)N4CCCC(CCCN)C4)cc3)n2)ccc1F. The molecular weight excluding hydrogens is 451 g/mol. The number of benzene rings is 2. The second-order valence-electron chi connectivity index (χ2n) is 8.58. The van der Waals surface area contributed by atoms with Crippen LogP contribution in [0.4, 0.5) is 27.5 Å². The smallest absolute Gasteiger partial charge is 0.229 e. The lowest BCUT2D eigenvalue weighted by Crippen LogP contribution is -2.36. The van der Waals surface area contributed by atoms with E-state index in [1.165, 1.54) is 12.5 Å². The fraction of sp³-hybridized carbons (Fsp3) is 0.360. The molecular formula is C25H31FN6OS. The summed E-state index contributed by atoms with van der Waals surface area (Å²) in [5, 5.41) is 6.34. The molecule has 3 aromatic rings. The lowest BCUT2D eigenvalue weighted by Gasteiger charge is -2.31. The van der Waals surface area contributed by atoms with E-state index in [1.54, 1.807) is 31.3 Å². The van der Waals surface area contributed by atoms with Crippen molar-refractivity contribution < 1.29 is 8.60 Å². The van der Waals surface area contributed by atoms with E-state index in [0.29, 0.717) is 29.8 Å². The molecule has 0 bridgehead atoms. The summed E-state index contributed by atoms with van der Waals surface area (Å²) in [6.45, 7) is 4.14. The number of rotatable bonds is 9. The molecule has 2 unspecified atom stereocenters. The van der Waals surface area contributed by atoms with Gasteiger partial charge in [-0.1, -0.05) is 0 Å². The summed E-state index contributed by atoms with van der Waals surface area (Å²) < 4.78 is 28.7. The summed E-state index contributed by atoms with van der Waals surface area (Å²) in [5.74, 6) is 1.35. The van der Waals surface area contributed by atoms with Crippen molar-refractivity contribution in [2.45, 2.75) is 37.5 Å². The zero-order chi connectivity index (χ0) is 23.9. The molecule has 2 heterocycles. The lowest BCUT2D eigenvalue weighted by molar-refractivity contribution is 0.262. The van der Waals surface area contributed by atoms with Gasteiger partial charge in [0.25, 0.3) is 0 Å². The first-order valence-electron chi connectivity index (χ1n) is 11.6. The molecule has 1 aliphatic rings. The second-order valence-corrected chi connectivity index (χ2v) is 10.1. The van der Waals surface area contributed by atoms with Crippen LogP contribution < -0.4 is 16.4 Å². The van der Waals surface area contributed by atoms with Gasteiger partial charge in [-0.15, -0.1) is 0 Å². The third kappa shape index (κ3) is 6.37. The Morgan fingerprint density at radius 1 is 1.15 bits per heavy atom. The average Bonchev–Trinajstić information content (AvgIpc) is 2.85. The highest BCUT2D eigenvalue weighted by Crippen LogP contribution is 2.25. The van der Waals surface area contributed by atoms with Crippen molar-refractivity contribution in [3.05, 3.63) is 66.1 Å². The molecule has 1 fully saturated rings. The highest BCUT2D eigenvalue weighted by atomic mass is 32.2. The van der Waals surface area contributed by atoms with Gasteiger partial charge in [0.1, 0.15) is 22.6 Å². The quantitative estimate of drug-likeness (QED) is 0.402. The van der Waals surface area contributed by atoms with Gasteiger partial charge >= 0.3 is 0 Å². The molecule has 2 aromatic carbocycles. The van der Waals surface area contributed by atoms with Crippen LogP contribution in [0.25, 0.3) is 0 Å². The molecule has 0 amide bonds. The van der Waals surface area contributed by atoms with E-state index in [9.17, 15) is 8.60 Å². The van der Waals surface area contributed by atoms with Crippen molar-refractivity contribution in [2.75, 3.05) is 30.3 Å². The van der Waals surface area contributed by atoms with E-state index in [2.05, 4.69) is 24.9 Å². The summed E-state index contributed by atoms with van der Waals surface area (Å²) in [5.41, 5.74) is 7.76. The van der Waals surface area contributed by atoms with E-state index in [1.807, 2.05) is 24.3 Å². The third-order valence-corrected chi connectivity index (χ3v) is 7.41. The van der Waals surface area contributed by atoms with Crippen LogP contribution in [0.15, 0.2) is 59.6 Å². The van der Waals surface area contributed by atoms with Crippen LogP contribution in [0.3, 0.4) is 0 Å². The van der Waals surface area contributed by atoms with Crippen molar-refractivity contribution in [1.82, 2.24) is 14.3 Å². The van der Waals surface area contributed by atoms with E-state index in [0.717, 1.165) is 48.6 Å². The number of nitrogens with two attached hydrogens (primary N) is 1. The van der Waals surface area contributed by atoms with Crippen LogP contribution >= 0.6 is 0 Å². The van der Waals surface area contributed by atoms with Crippen LogP contribution in [-0.2, 0) is 11.0 Å². The average molecular weight is 483 g/mol. The van der Waals surface area contributed by atoms with Crippen molar-refractivity contribution >= 4 is 34.1 Å². The van der Waals surface area contributed by atoms with Crippen LogP contribution in [0.5, 0.6) is 0 Å². The zero-order valence-electron chi connectivity index (χ0n) is 19.3. The number of aryl methyl sites for hydroxylation is 1. The molecule has 9 heteroatoms. The maximum Gasteiger partial charge on any atom is 0.229 e. The number of aromatic nitrogens is 2. The monoisotopic (exact) mass is 482 g/mol. The zero-order valence-corrected chi connectivity index (χ0v) is 20.2. The fourth-order valence-electron chi connectivity index (χ4n) is 4.11. The summed E-state index contributed by atoms with van der Waals surface area (Å²) in [6, 6.07) is 14.1. The highest BCUT2D eigenvalue weighted by molar-refractivity contribution is 7.82. The topological polar surface area (TPSA) is 96.2 Å². The summed E-state index contributed by atoms with van der Waals surface area (Å²) in [7, 11) is -1.17. The first-order valence-corrected chi connectivity index (χ1v) is 12.7. The van der Waals surface area contributed by atoms with Gasteiger partial charge < -0.3 is 16.4 Å². The van der Waals surface area contributed by atoms with Gasteiger partial charge in [0.15, 0.2) is 0 Å². The predicted molar refractivity (Wildman–Crippen MR) is 135 cm³/mol. The highest BCUT2D eigenvalue weighted by Gasteiger charge is 2.24. The number of hydrogen-bond acceptors (Lipinski definition) is 6. The van der Waals surface area contributed by atoms with Crippen molar-refractivity contribution in [2.24, 2.45) is 11.7 Å². The van der Waals surface area contributed by atoms with Gasteiger partial charge in [-0.2, -0.15) is 4.98 Å². The summed E-state index contributed by atoms with van der Waals surface area (Å²) >= 11 is 0. The minimum absolute atomic E-state index is 0.244. The number of anilines is 4. The van der Waals surface area contributed by atoms with E-state index >= 15 is 0 Å². The molecule has 4 N–H and O–H groups in total. The van der Waals surface area contributed by atoms with E-state index in [4.69, 9.17) is 5.73 Å². The molecule has 1 aliphatic heterocycles. The van der Waals surface area contributed by atoms with E-state index in [-0.39, 0.29) is 5.82 Å². The molecule has 7 nitrogen and oxygen atoms in total. The molecule has 1 saturated heterocycles. The number of piperidine rings is 1. The molecule has 2 atom stereocenters. The van der Waals surface area contributed by atoms with Gasteiger partial charge in [0.05, 0.1) is 4.90 Å². The fourth-order valence-corrected chi connectivity index (χ4v) is 5.42. The number of hydrogen-bond donors (Lipinski definition) is 3. The molecule has 0 saturated carbocycles. The molecule has 34 heavy (non-hydrogen) atoms. The number of nitrogens with zero attached hydrogens (tertiary/aromatic N) is 3. The largest absolute Gasteiger partial charge is 0.340 e. The molecule has 0 aliphatic carbocycles. The lowest BCUT2D eigenvalue weighted by atomic mass is 9.95. The Morgan fingerprint density at radius 3 is 2.71 bits per heavy atom. The van der Waals surface area contributed by atoms with Gasteiger partial charge in [0, 0.05) is 30.7 Å². The van der Waals surface area contributed by atoms with Gasteiger partial charge in [-0.05, 0) is 99.2 Å². The predicted octanol–water partition coefficient (Wildman–Crippen LogP) is 4.88. The molecule has 0 spiro atoms. The Morgan fingerprint density at radius 2 is 1.94 bits per heavy atom. The maximum atomic E-state index is 13.5. The standard InChI is InChI=1S/C25H31FN6OS/c1-18-16-21(8-11-23(18)26)29-24-12-14-28-25(31-24)30-20-6-9-22(10-7-20)34(33)32-15-3-5-19(17-32)4-2-13-27/h6-12,14,16,19H,2-5,13,15,17,27H2,1H3,(H2,28,29,30,31). The minimum atomic E-state index is -1.17. The van der Waals surface area contributed by atoms with Crippen LogP contribution in [-0.4, -0.2) is 38.1 Å². The molecule has 180 valence electrons. The van der Waals surface area contributed by atoms with Crippen LogP contribution in [0.2, 0.25) is 0 Å². The van der Waals surface area contributed by atoms with Gasteiger partial charge in [-0.3, -0.25) is 0 Å². The summed E-state index contributed by atoms with van der Waals surface area (Å²) in [6.07, 6.45) is 6.02.